The number of carbonyl (C=O) groups excluding carboxylic acids is 1. The van der Waals surface area contributed by atoms with Gasteiger partial charge >= 0.3 is 12.0 Å². The highest BCUT2D eigenvalue weighted by atomic mass is 16.4. The van der Waals surface area contributed by atoms with Gasteiger partial charge in [0.2, 0.25) is 0 Å². The van der Waals surface area contributed by atoms with E-state index in [9.17, 15) is 9.59 Å². The van der Waals surface area contributed by atoms with E-state index >= 15 is 0 Å². The topological polar surface area (TPSA) is 81.7 Å². The van der Waals surface area contributed by atoms with Crippen molar-refractivity contribution in [3.63, 3.8) is 0 Å². The van der Waals surface area contributed by atoms with Crippen molar-refractivity contribution in [2.75, 3.05) is 27.2 Å². The van der Waals surface area contributed by atoms with E-state index in [1.807, 2.05) is 32.8 Å². The minimum Gasteiger partial charge on any atom is -0.480 e. The van der Waals surface area contributed by atoms with Gasteiger partial charge in [-0.2, -0.15) is 0 Å². The first-order valence-corrected chi connectivity index (χ1v) is 6.30. The van der Waals surface area contributed by atoms with Crippen LogP contribution in [0.2, 0.25) is 0 Å². The van der Waals surface area contributed by atoms with E-state index in [0.717, 1.165) is 13.0 Å². The monoisotopic (exact) mass is 259 g/mol. The summed E-state index contributed by atoms with van der Waals surface area (Å²) in [6.45, 7) is 5.13. The van der Waals surface area contributed by atoms with E-state index in [1.54, 1.807) is 0 Å². The maximum Gasteiger partial charge on any atom is 0.326 e. The molecule has 106 valence electrons. The molecule has 2 unspecified atom stereocenters. The van der Waals surface area contributed by atoms with Crippen LogP contribution in [-0.4, -0.2) is 55.2 Å². The largest absolute Gasteiger partial charge is 0.480 e. The van der Waals surface area contributed by atoms with Crippen LogP contribution < -0.4 is 10.6 Å². The zero-order valence-electron chi connectivity index (χ0n) is 11.7. The van der Waals surface area contributed by atoms with Gasteiger partial charge in [-0.3, -0.25) is 0 Å². The predicted molar refractivity (Wildman–Crippen MR) is 70.6 cm³/mol. The van der Waals surface area contributed by atoms with Crippen molar-refractivity contribution in [1.82, 2.24) is 15.5 Å². The number of urea groups is 1. The van der Waals surface area contributed by atoms with E-state index in [2.05, 4.69) is 10.6 Å². The Bertz CT molecular complexity index is 269. The number of amides is 2. The Morgan fingerprint density at radius 3 is 2.39 bits per heavy atom. The summed E-state index contributed by atoms with van der Waals surface area (Å²) in [5, 5.41) is 14.2. The Hall–Kier alpha value is -1.30. The van der Waals surface area contributed by atoms with E-state index in [-0.39, 0.29) is 5.92 Å². The van der Waals surface area contributed by atoms with E-state index in [0.29, 0.717) is 13.0 Å². The van der Waals surface area contributed by atoms with Crippen LogP contribution in [0.1, 0.15) is 26.7 Å². The molecule has 6 heteroatoms. The third-order valence-corrected chi connectivity index (χ3v) is 2.83. The molecular weight excluding hydrogens is 234 g/mol. The van der Waals surface area contributed by atoms with Crippen molar-refractivity contribution < 1.29 is 14.7 Å². The minimum atomic E-state index is -0.993. The van der Waals surface area contributed by atoms with Crippen molar-refractivity contribution in [3.8, 4) is 0 Å². The Morgan fingerprint density at radius 1 is 1.33 bits per heavy atom. The highest BCUT2D eigenvalue weighted by Crippen LogP contribution is 2.07. The molecule has 0 rings (SSSR count). The Kier molecular flexibility index (Phi) is 8.11. The smallest absolute Gasteiger partial charge is 0.326 e. The van der Waals surface area contributed by atoms with Crippen LogP contribution >= 0.6 is 0 Å². The molecule has 0 aromatic rings. The lowest BCUT2D eigenvalue weighted by Crippen LogP contribution is -2.49. The molecule has 0 heterocycles. The summed E-state index contributed by atoms with van der Waals surface area (Å²) in [6.07, 6.45) is 1.54. The van der Waals surface area contributed by atoms with Crippen LogP contribution in [0.5, 0.6) is 0 Å². The lowest BCUT2D eigenvalue weighted by atomic mass is 9.99. The molecule has 0 fully saturated rings. The number of nitrogens with zero attached hydrogens (tertiary/aromatic N) is 1. The van der Waals surface area contributed by atoms with E-state index in [1.165, 1.54) is 0 Å². The molecule has 0 aliphatic carbocycles. The third-order valence-electron chi connectivity index (χ3n) is 2.83. The molecule has 2 atom stereocenters. The number of carbonyl (C=O) groups is 2. The molecular formula is C12H25N3O3. The predicted octanol–water partition coefficient (Wildman–Crippen LogP) is 0.737. The molecule has 0 saturated carbocycles. The third kappa shape index (κ3) is 7.11. The van der Waals surface area contributed by atoms with Gasteiger partial charge in [-0.05, 0) is 33.0 Å². The molecule has 0 saturated heterocycles. The molecule has 3 N–H and O–H groups in total. The van der Waals surface area contributed by atoms with Crippen LogP contribution in [0.15, 0.2) is 0 Å². The minimum absolute atomic E-state index is 0.0879. The van der Waals surface area contributed by atoms with Crippen LogP contribution in [0, 0.1) is 5.92 Å². The summed E-state index contributed by atoms with van der Waals surface area (Å²) >= 11 is 0. The lowest BCUT2D eigenvalue weighted by molar-refractivity contribution is -0.140. The summed E-state index contributed by atoms with van der Waals surface area (Å²) in [5.41, 5.74) is 0. The van der Waals surface area contributed by atoms with Crippen molar-refractivity contribution in [1.29, 1.82) is 0 Å². The zero-order valence-corrected chi connectivity index (χ0v) is 11.7. The molecule has 18 heavy (non-hydrogen) atoms. The van der Waals surface area contributed by atoms with Gasteiger partial charge in [0.15, 0.2) is 0 Å². The summed E-state index contributed by atoms with van der Waals surface area (Å²) in [6, 6.07) is -1.25. The molecule has 0 aliphatic rings. The fourth-order valence-corrected chi connectivity index (χ4v) is 1.47. The van der Waals surface area contributed by atoms with Crippen molar-refractivity contribution in [2.45, 2.75) is 32.7 Å². The van der Waals surface area contributed by atoms with E-state index in [4.69, 9.17) is 5.11 Å². The van der Waals surface area contributed by atoms with Crippen molar-refractivity contribution in [2.24, 2.45) is 5.92 Å². The number of nitrogens with one attached hydrogen (secondary N) is 2. The van der Waals surface area contributed by atoms with Gasteiger partial charge in [0, 0.05) is 6.54 Å². The average molecular weight is 259 g/mol. The average Bonchev–Trinajstić information content (AvgIpc) is 2.30. The maximum absolute atomic E-state index is 11.5. The molecule has 0 bridgehead atoms. The SMILES string of the molecule is CCC(C)C(NC(=O)NCCCN(C)C)C(=O)O. The van der Waals surface area contributed by atoms with Gasteiger partial charge in [-0.15, -0.1) is 0 Å². The second-order valence-electron chi connectivity index (χ2n) is 4.76. The lowest BCUT2D eigenvalue weighted by Gasteiger charge is -2.20. The summed E-state index contributed by atoms with van der Waals surface area (Å²) in [7, 11) is 3.92. The number of carboxylic acids is 1. The molecule has 0 aromatic carbocycles. The van der Waals surface area contributed by atoms with Gasteiger partial charge in [-0.1, -0.05) is 20.3 Å². The normalized spacial score (nSPS) is 14.1. The van der Waals surface area contributed by atoms with Gasteiger partial charge in [-0.25, -0.2) is 9.59 Å². The molecule has 0 aliphatic heterocycles. The summed E-state index contributed by atoms with van der Waals surface area (Å²) < 4.78 is 0. The summed E-state index contributed by atoms with van der Waals surface area (Å²) in [5.74, 6) is -1.08. The second-order valence-corrected chi connectivity index (χ2v) is 4.76. The van der Waals surface area contributed by atoms with Crippen LogP contribution in [0.4, 0.5) is 4.79 Å². The number of hydrogen-bond acceptors (Lipinski definition) is 3. The molecule has 6 nitrogen and oxygen atoms in total. The maximum atomic E-state index is 11.5. The number of carboxylic acid groups (broad SMARTS) is 1. The van der Waals surface area contributed by atoms with Crippen LogP contribution in [0.3, 0.4) is 0 Å². The van der Waals surface area contributed by atoms with Crippen LogP contribution in [-0.2, 0) is 4.79 Å². The summed E-state index contributed by atoms with van der Waals surface area (Å²) in [4.78, 5) is 24.6. The van der Waals surface area contributed by atoms with Gasteiger partial charge < -0.3 is 20.6 Å². The first-order valence-electron chi connectivity index (χ1n) is 6.30. The fraction of sp³-hybridized carbons (Fsp3) is 0.833. The first kappa shape index (κ1) is 16.7. The van der Waals surface area contributed by atoms with Crippen LogP contribution in [0.25, 0.3) is 0 Å². The standard InChI is InChI=1S/C12H25N3O3/c1-5-9(2)10(11(16)17)14-12(18)13-7-6-8-15(3)4/h9-10H,5-8H2,1-4H3,(H,16,17)(H2,13,14,18). The Balaban J connectivity index is 4.00. The highest BCUT2D eigenvalue weighted by molar-refractivity contribution is 5.82. The molecule has 0 spiro atoms. The van der Waals surface area contributed by atoms with Crippen molar-refractivity contribution in [3.05, 3.63) is 0 Å². The Morgan fingerprint density at radius 2 is 1.94 bits per heavy atom. The van der Waals surface area contributed by atoms with E-state index < -0.39 is 18.0 Å². The number of aliphatic carboxylic acids is 1. The highest BCUT2D eigenvalue weighted by Gasteiger charge is 2.24. The number of rotatable bonds is 8. The van der Waals surface area contributed by atoms with Gasteiger partial charge in [0.25, 0.3) is 0 Å². The van der Waals surface area contributed by atoms with Gasteiger partial charge in [0.1, 0.15) is 6.04 Å². The number of hydrogen-bond donors (Lipinski definition) is 3. The first-order chi connectivity index (χ1) is 8.38. The molecule has 0 aromatic heterocycles. The Labute approximate surface area is 109 Å². The second kappa shape index (κ2) is 8.74. The molecule has 0 radical (unpaired) electrons. The van der Waals surface area contributed by atoms with Crippen molar-refractivity contribution >= 4 is 12.0 Å². The quantitative estimate of drug-likeness (QED) is 0.561. The molecule has 2 amide bonds. The van der Waals surface area contributed by atoms with Gasteiger partial charge in [0.05, 0.1) is 0 Å². The zero-order chi connectivity index (χ0) is 14.1. The fourth-order valence-electron chi connectivity index (χ4n) is 1.47.